The number of pyridine rings is 1. The van der Waals surface area contributed by atoms with Gasteiger partial charge in [0.15, 0.2) is 5.78 Å². The van der Waals surface area contributed by atoms with Gasteiger partial charge in [-0.25, -0.2) is 0 Å². The van der Waals surface area contributed by atoms with E-state index in [0.717, 1.165) is 29.9 Å². The number of halogens is 3. The highest BCUT2D eigenvalue weighted by molar-refractivity contribution is 8.00. The average molecular weight is 479 g/mol. The van der Waals surface area contributed by atoms with Crippen molar-refractivity contribution < 1.29 is 22.8 Å². The summed E-state index contributed by atoms with van der Waals surface area (Å²) in [5.74, 6) is -0.419. The number of hydrogen-bond donors (Lipinski definition) is 1. The minimum atomic E-state index is -4.45. The van der Waals surface area contributed by atoms with Crippen LogP contribution in [0.15, 0.2) is 41.3 Å². The van der Waals surface area contributed by atoms with Gasteiger partial charge in [0.2, 0.25) is 5.91 Å². The lowest BCUT2D eigenvalue weighted by Gasteiger charge is -2.11. The molecule has 1 N–H and O–H groups in total. The smallest absolute Gasteiger partial charge is 0.353 e. The van der Waals surface area contributed by atoms with Gasteiger partial charge in [0, 0.05) is 26.9 Å². The van der Waals surface area contributed by atoms with Crippen molar-refractivity contribution in [3.63, 3.8) is 0 Å². The fraction of sp³-hybridized carbons (Fsp3) is 0.348. The zero-order chi connectivity index (χ0) is 23.0. The van der Waals surface area contributed by atoms with Gasteiger partial charge in [-0.2, -0.15) is 13.2 Å². The molecule has 1 aromatic carbocycles. The normalized spacial score (nSPS) is 15.0. The zero-order valence-corrected chi connectivity index (χ0v) is 19.1. The van der Waals surface area contributed by atoms with E-state index in [9.17, 15) is 22.8 Å². The van der Waals surface area contributed by atoms with E-state index in [0.29, 0.717) is 26.4 Å². The number of ketones is 1. The Morgan fingerprint density at radius 2 is 1.97 bits per heavy atom. The van der Waals surface area contributed by atoms with Gasteiger partial charge < -0.3 is 5.32 Å². The number of rotatable bonds is 7. The molecule has 9 heteroatoms. The van der Waals surface area contributed by atoms with Crippen LogP contribution in [0.4, 0.5) is 13.2 Å². The number of carbonyl (C=O) groups excluding carboxylic acids is 2. The van der Waals surface area contributed by atoms with E-state index >= 15 is 0 Å². The maximum Gasteiger partial charge on any atom is 0.416 e. The molecule has 1 atom stereocenters. The largest absolute Gasteiger partial charge is 0.416 e. The van der Waals surface area contributed by atoms with Crippen LogP contribution in [0.1, 0.15) is 51.5 Å². The first-order chi connectivity index (χ1) is 15.1. The van der Waals surface area contributed by atoms with Crippen molar-refractivity contribution in [2.45, 2.75) is 49.7 Å². The molecule has 1 fully saturated rings. The third-order valence-electron chi connectivity index (χ3n) is 5.23. The van der Waals surface area contributed by atoms with E-state index in [1.54, 1.807) is 25.1 Å². The third-order valence-corrected chi connectivity index (χ3v) is 7.59. The number of thiophene rings is 1. The number of Topliss-reactive ketones (excluding diaryl/α,β-unsaturated/α-hetero) is 1. The Bertz CT molecular complexity index is 1190. The van der Waals surface area contributed by atoms with E-state index in [4.69, 9.17) is 0 Å². The van der Waals surface area contributed by atoms with Crippen LogP contribution in [-0.2, 0) is 11.0 Å². The quantitative estimate of drug-likeness (QED) is 0.335. The highest BCUT2D eigenvalue weighted by atomic mass is 32.2. The molecule has 4 nitrogen and oxygen atoms in total. The van der Waals surface area contributed by atoms with Crippen LogP contribution in [0.3, 0.4) is 0 Å². The number of aromatic nitrogens is 1. The van der Waals surface area contributed by atoms with Crippen LogP contribution in [-0.4, -0.2) is 28.5 Å². The van der Waals surface area contributed by atoms with Gasteiger partial charge in [0.05, 0.1) is 27.6 Å². The molecule has 168 valence electrons. The summed E-state index contributed by atoms with van der Waals surface area (Å²) in [4.78, 5) is 31.3. The van der Waals surface area contributed by atoms with Crippen LogP contribution < -0.4 is 5.32 Å². The van der Waals surface area contributed by atoms with Gasteiger partial charge in [0.25, 0.3) is 0 Å². The number of nitrogens with zero attached hydrogens (tertiary/aromatic N) is 1. The van der Waals surface area contributed by atoms with Gasteiger partial charge in [-0.1, -0.05) is 0 Å². The van der Waals surface area contributed by atoms with E-state index in [1.165, 1.54) is 29.2 Å². The number of nitrogens with one attached hydrogen (secondary N) is 1. The highest BCUT2D eigenvalue weighted by Crippen LogP contribution is 2.35. The van der Waals surface area contributed by atoms with E-state index in [2.05, 4.69) is 10.3 Å². The summed E-state index contributed by atoms with van der Waals surface area (Å²) < 4.78 is 39.5. The second kappa shape index (κ2) is 8.86. The summed E-state index contributed by atoms with van der Waals surface area (Å²) in [6.45, 7) is 3.58. The number of amides is 1. The van der Waals surface area contributed by atoms with Crippen LogP contribution in [0.2, 0.25) is 0 Å². The average Bonchev–Trinajstić information content (AvgIpc) is 3.41. The monoisotopic (exact) mass is 478 g/mol. The summed E-state index contributed by atoms with van der Waals surface area (Å²) in [5.41, 5.74) is 0.383. The van der Waals surface area contributed by atoms with Gasteiger partial charge >= 0.3 is 6.18 Å². The Balaban J connectivity index is 1.49. The van der Waals surface area contributed by atoms with E-state index in [-0.39, 0.29) is 29.4 Å². The van der Waals surface area contributed by atoms with Crippen molar-refractivity contribution in [3.8, 4) is 0 Å². The number of hydrogen-bond acceptors (Lipinski definition) is 5. The number of fused-ring (bicyclic) bond motifs is 1. The fourth-order valence-corrected chi connectivity index (χ4v) is 5.35. The molecule has 1 aliphatic rings. The van der Waals surface area contributed by atoms with Gasteiger partial charge in [-0.3, -0.25) is 14.6 Å². The lowest BCUT2D eigenvalue weighted by Crippen LogP contribution is -2.29. The zero-order valence-electron chi connectivity index (χ0n) is 17.5. The molecular weight excluding hydrogens is 457 g/mol. The Morgan fingerprint density at radius 1 is 1.22 bits per heavy atom. The molecule has 0 radical (unpaired) electrons. The number of benzene rings is 1. The summed E-state index contributed by atoms with van der Waals surface area (Å²) in [5, 5.41) is 3.34. The lowest BCUT2D eigenvalue weighted by atomic mass is 10.1. The van der Waals surface area contributed by atoms with Gasteiger partial charge in [-0.05, 0) is 63.1 Å². The molecule has 1 amide bonds. The summed E-state index contributed by atoms with van der Waals surface area (Å²) in [6, 6.07) is 8.93. The lowest BCUT2D eigenvalue weighted by molar-refractivity contribution is -0.137. The number of alkyl halides is 3. The standard InChI is InChI=1S/C23H21F3N2O2S2/c1-12-9-21(16-10-14(23(24,25)26)3-6-17(16)27-12)31-11-18(29)20-8-7-19(32-20)13(2)22(30)28-15-4-5-15/h3,6-10,13,15H,4-5,11H2,1-2H3,(H,28,30). The molecular formula is C23H21F3N2O2S2. The molecule has 1 aliphatic carbocycles. The summed E-state index contributed by atoms with van der Waals surface area (Å²) in [6.07, 6.45) is -2.43. The SMILES string of the molecule is Cc1cc(SCC(=O)c2ccc(C(C)C(=O)NC3CC3)s2)c2cc(C(F)(F)F)ccc2n1. The first-order valence-corrected chi connectivity index (χ1v) is 12.0. The topological polar surface area (TPSA) is 59.1 Å². The van der Waals surface area contributed by atoms with Crippen molar-refractivity contribution in [3.05, 3.63) is 57.4 Å². The summed E-state index contributed by atoms with van der Waals surface area (Å²) >= 11 is 2.49. The fourth-order valence-electron chi connectivity index (χ4n) is 3.25. The molecule has 2 aromatic heterocycles. The number of aryl methyl sites for hydroxylation is 1. The number of thioether (sulfide) groups is 1. The van der Waals surface area contributed by atoms with Crippen LogP contribution in [0, 0.1) is 6.92 Å². The first kappa shape index (κ1) is 22.8. The van der Waals surface area contributed by atoms with Crippen molar-refractivity contribution in [2.24, 2.45) is 0 Å². The molecule has 0 saturated heterocycles. The van der Waals surface area contributed by atoms with Crippen molar-refractivity contribution in [1.29, 1.82) is 0 Å². The highest BCUT2D eigenvalue weighted by Gasteiger charge is 2.31. The number of carbonyl (C=O) groups is 2. The third kappa shape index (κ3) is 5.15. The van der Waals surface area contributed by atoms with Crippen molar-refractivity contribution in [1.82, 2.24) is 10.3 Å². The molecule has 1 saturated carbocycles. The molecule has 32 heavy (non-hydrogen) atoms. The van der Waals surface area contributed by atoms with E-state index < -0.39 is 11.7 Å². The Hall–Kier alpha value is -2.39. The van der Waals surface area contributed by atoms with Crippen molar-refractivity contribution >= 4 is 45.7 Å². The molecule has 4 rings (SSSR count). The molecule has 0 bridgehead atoms. The predicted molar refractivity (Wildman–Crippen MR) is 120 cm³/mol. The Kier molecular flexibility index (Phi) is 6.31. The van der Waals surface area contributed by atoms with E-state index in [1.807, 2.05) is 6.92 Å². The summed E-state index contributed by atoms with van der Waals surface area (Å²) in [7, 11) is 0. The predicted octanol–water partition coefficient (Wildman–Crippen LogP) is 5.98. The Morgan fingerprint density at radius 3 is 2.66 bits per heavy atom. The minimum absolute atomic E-state index is 0.0399. The van der Waals surface area contributed by atoms with Gasteiger partial charge in [0.1, 0.15) is 0 Å². The first-order valence-electron chi connectivity index (χ1n) is 10.2. The molecule has 3 aromatic rings. The maximum absolute atomic E-state index is 13.2. The van der Waals surface area contributed by atoms with Gasteiger partial charge in [-0.15, -0.1) is 23.1 Å². The van der Waals surface area contributed by atoms with Crippen LogP contribution in [0.25, 0.3) is 10.9 Å². The second-order valence-electron chi connectivity index (χ2n) is 7.91. The molecule has 0 spiro atoms. The maximum atomic E-state index is 13.2. The molecule has 2 heterocycles. The van der Waals surface area contributed by atoms with Crippen molar-refractivity contribution in [2.75, 3.05) is 5.75 Å². The van der Waals surface area contributed by atoms with Crippen LogP contribution >= 0.6 is 23.1 Å². The Labute approximate surface area is 191 Å². The minimum Gasteiger partial charge on any atom is -0.353 e. The molecule has 1 unspecified atom stereocenters. The second-order valence-corrected chi connectivity index (χ2v) is 10.0. The van der Waals surface area contributed by atoms with Crippen LogP contribution in [0.5, 0.6) is 0 Å². The molecule has 0 aliphatic heterocycles.